The second-order valence-corrected chi connectivity index (χ2v) is 8.21. The van der Waals surface area contributed by atoms with Crippen LogP contribution in [0.25, 0.3) is 0 Å². The molecule has 1 atom stereocenters. The summed E-state index contributed by atoms with van der Waals surface area (Å²) in [7, 11) is 0. The number of hydrogen-bond acceptors (Lipinski definition) is 3. The molecule has 2 aliphatic rings. The van der Waals surface area contributed by atoms with Gasteiger partial charge in [0, 0.05) is 45.0 Å². The Balaban J connectivity index is 1.48. The van der Waals surface area contributed by atoms with Crippen molar-refractivity contribution < 1.29 is 18.0 Å². The molecule has 0 radical (unpaired) electrons. The molecular formula is C19H29F3N4O. The van der Waals surface area contributed by atoms with E-state index >= 15 is 0 Å². The quantitative estimate of drug-likeness (QED) is 0.754. The topological polar surface area (TPSA) is 41.4 Å². The molecule has 0 unspecified atom stereocenters. The van der Waals surface area contributed by atoms with Crippen molar-refractivity contribution in [3.05, 3.63) is 18.7 Å². The predicted molar refractivity (Wildman–Crippen MR) is 96.0 cm³/mol. The predicted octanol–water partition coefficient (Wildman–Crippen LogP) is 3.18. The van der Waals surface area contributed by atoms with Gasteiger partial charge in [-0.15, -0.1) is 0 Å². The van der Waals surface area contributed by atoms with Gasteiger partial charge in [0.15, 0.2) is 0 Å². The first-order chi connectivity index (χ1) is 12.8. The maximum Gasteiger partial charge on any atom is 0.392 e. The Hall–Kier alpha value is -1.57. The Labute approximate surface area is 158 Å². The minimum Gasteiger partial charge on any atom is -0.342 e. The van der Waals surface area contributed by atoms with Crippen LogP contribution in [0.5, 0.6) is 0 Å². The number of aryl methyl sites for hydroxylation is 1. The Kier molecular flexibility index (Phi) is 6.13. The highest BCUT2D eigenvalue weighted by Crippen LogP contribution is 2.40. The molecule has 3 heterocycles. The number of nitrogens with zero attached hydrogens (tertiary/aromatic N) is 4. The monoisotopic (exact) mass is 386 g/mol. The lowest BCUT2D eigenvalue weighted by Gasteiger charge is -2.48. The smallest absolute Gasteiger partial charge is 0.342 e. The number of aromatic nitrogens is 2. The van der Waals surface area contributed by atoms with Crippen LogP contribution >= 0.6 is 0 Å². The number of carbonyl (C=O) groups excluding carboxylic acids is 1. The van der Waals surface area contributed by atoms with Crippen LogP contribution in [0, 0.1) is 11.3 Å². The number of rotatable bonds is 6. The third-order valence-corrected chi connectivity index (χ3v) is 6.16. The lowest BCUT2D eigenvalue weighted by Crippen LogP contribution is -2.52. The number of imidazole rings is 1. The molecule has 1 aromatic rings. The first kappa shape index (κ1) is 20.2. The van der Waals surface area contributed by atoms with E-state index in [9.17, 15) is 18.0 Å². The summed E-state index contributed by atoms with van der Waals surface area (Å²) in [4.78, 5) is 20.2. The van der Waals surface area contributed by atoms with Crippen LogP contribution in [0.1, 0.15) is 39.0 Å². The van der Waals surface area contributed by atoms with Crippen molar-refractivity contribution in [1.82, 2.24) is 19.4 Å². The average molecular weight is 386 g/mol. The highest BCUT2D eigenvalue weighted by molar-refractivity contribution is 5.77. The van der Waals surface area contributed by atoms with Crippen molar-refractivity contribution >= 4 is 5.91 Å². The molecule has 0 aliphatic carbocycles. The molecular weight excluding hydrogens is 357 g/mol. The van der Waals surface area contributed by atoms with Crippen LogP contribution in [-0.4, -0.2) is 64.2 Å². The van der Waals surface area contributed by atoms with E-state index in [2.05, 4.69) is 4.98 Å². The third kappa shape index (κ3) is 5.24. The molecule has 3 rings (SSSR count). The summed E-state index contributed by atoms with van der Waals surface area (Å²) in [5.41, 5.74) is 0.0842. The number of amides is 1. The van der Waals surface area contributed by atoms with Gasteiger partial charge >= 0.3 is 6.18 Å². The molecule has 1 spiro atoms. The van der Waals surface area contributed by atoms with Gasteiger partial charge in [0.1, 0.15) is 0 Å². The fourth-order valence-electron chi connectivity index (χ4n) is 4.28. The van der Waals surface area contributed by atoms with E-state index in [1.54, 1.807) is 12.5 Å². The SMILES string of the molecule is C[C@H](CN1CCC2(CCC(=O)N(CCCn3ccnc3)C2)CC1)C(F)(F)F. The molecule has 0 saturated carbocycles. The van der Waals surface area contributed by atoms with Crippen LogP contribution in [0.15, 0.2) is 18.7 Å². The summed E-state index contributed by atoms with van der Waals surface area (Å²) in [5.74, 6) is -1.08. The number of likely N-dealkylation sites (tertiary alicyclic amines) is 2. The van der Waals surface area contributed by atoms with Crippen LogP contribution in [0.2, 0.25) is 0 Å². The number of hydrogen-bond donors (Lipinski definition) is 0. The van der Waals surface area contributed by atoms with E-state index in [0.29, 0.717) is 19.5 Å². The number of alkyl halides is 3. The molecule has 0 N–H and O–H groups in total. The average Bonchev–Trinajstić information content (AvgIpc) is 3.13. The van der Waals surface area contributed by atoms with E-state index in [1.165, 1.54) is 6.92 Å². The molecule has 152 valence electrons. The Morgan fingerprint density at radius 2 is 1.96 bits per heavy atom. The largest absolute Gasteiger partial charge is 0.392 e. The zero-order chi connectivity index (χ0) is 19.5. The van der Waals surface area contributed by atoms with E-state index < -0.39 is 12.1 Å². The van der Waals surface area contributed by atoms with Crippen molar-refractivity contribution in [2.24, 2.45) is 11.3 Å². The van der Waals surface area contributed by atoms with Crippen LogP contribution in [0.3, 0.4) is 0 Å². The van der Waals surface area contributed by atoms with Crippen LogP contribution < -0.4 is 0 Å². The Morgan fingerprint density at radius 1 is 1.22 bits per heavy atom. The van der Waals surface area contributed by atoms with E-state index in [1.807, 2.05) is 20.6 Å². The standard InChI is InChI=1S/C19H29F3N4O/c1-16(19(20,21)22)13-24-10-5-18(6-11-24)4-3-17(27)26(14-18)9-2-8-25-12-7-23-15-25/h7,12,15-16H,2-6,8-11,13-14H2,1H3/t16-/m1/s1. The zero-order valence-electron chi connectivity index (χ0n) is 15.9. The van der Waals surface area contributed by atoms with Crippen molar-refractivity contribution in [2.45, 2.75) is 51.7 Å². The number of carbonyl (C=O) groups is 1. The highest BCUT2D eigenvalue weighted by atomic mass is 19.4. The lowest BCUT2D eigenvalue weighted by atomic mass is 9.72. The summed E-state index contributed by atoms with van der Waals surface area (Å²) < 4.78 is 40.4. The maximum absolute atomic E-state index is 12.8. The summed E-state index contributed by atoms with van der Waals surface area (Å²) in [5, 5.41) is 0. The van der Waals surface area contributed by atoms with Crippen LogP contribution in [-0.2, 0) is 11.3 Å². The lowest BCUT2D eigenvalue weighted by molar-refractivity contribution is -0.175. The molecule has 2 saturated heterocycles. The fourth-order valence-corrected chi connectivity index (χ4v) is 4.28. The second-order valence-electron chi connectivity index (χ2n) is 8.21. The molecule has 1 amide bonds. The van der Waals surface area contributed by atoms with Crippen LogP contribution in [0.4, 0.5) is 13.2 Å². The van der Waals surface area contributed by atoms with Crippen molar-refractivity contribution in [3.63, 3.8) is 0 Å². The minimum atomic E-state index is -4.13. The van der Waals surface area contributed by atoms with Crippen molar-refractivity contribution in [2.75, 3.05) is 32.7 Å². The van der Waals surface area contributed by atoms with Crippen molar-refractivity contribution in [1.29, 1.82) is 0 Å². The number of halogens is 3. The zero-order valence-corrected chi connectivity index (χ0v) is 15.9. The van der Waals surface area contributed by atoms with Gasteiger partial charge in [-0.3, -0.25) is 4.79 Å². The Bertz CT molecular complexity index is 609. The summed E-state index contributed by atoms with van der Waals surface area (Å²) in [6.45, 7) is 5.03. The van der Waals surface area contributed by atoms with Gasteiger partial charge in [-0.25, -0.2) is 4.98 Å². The van der Waals surface area contributed by atoms with E-state index in [4.69, 9.17) is 0 Å². The summed E-state index contributed by atoms with van der Waals surface area (Å²) in [6, 6.07) is 0. The first-order valence-corrected chi connectivity index (χ1v) is 9.80. The fraction of sp³-hybridized carbons (Fsp3) is 0.789. The second kappa shape index (κ2) is 8.20. The van der Waals surface area contributed by atoms with Gasteiger partial charge in [0.25, 0.3) is 0 Å². The van der Waals surface area contributed by atoms with E-state index in [-0.39, 0.29) is 17.9 Å². The van der Waals surface area contributed by atoms with Gasteiger partial charge in [-0.1, -0.05) is 6.92 Å². The van der Waals surface area contributed by atoms with Gasteiger partial charge < -0.3 is 14.4 Å². The van der Waals surface area contributed by atoms with Gasteiger partial charge in [0.2, 0.25) is 5.91 Å². The molecule has 0 aromatic carbocycles. The summed E-state index contributed by atoms with van der Waals surface area (Å²) >= 11 is 0. The molecule has 8 heteroatoms. The molecule has 1 aromatic heterocycles. The van der Waals surface area contributed by atoms with Crippen molar-refractivity contribution in [3.8, 4) is 0 Å². The molecule has 5 nitrogen and oxygen atoms in total. The first-order valence-electron chi connectivity index (χ1n) is 9.80. The molecule has 27 heavy (non-hydrogen) atoms. The highest BCUT2D eigenvalue weighted by Gasteiger charge is 2.42. The maximum atomic E-state index is 12.8. The normalized spacial score (nSPS) is 22.4. The molecule has 2 fully saturated rings. The minimum absolute atomic E-state index is 0.0765. The summed E-state index contributed by atoms with van der Waals surface area (Å²) in [6.07, 6.45) is 5.37. The van der Waals surface area contributed by atoms with E-state index in [0.717, 1.165) is 45.3 Å². The molecule has 0 bridgehead atoms. The number of piperidine rings is 2. The van der Waals surface area contributed by atoms with Gasteiger partial charge in [-0.2, -0.15) is 13.2 Å². The third-order valence-electron chi connectivity index (χ3n) is 6.16. The Morgan fingerprint density at radius 3 is 2.59 bits per heavy atom. The van der Waals surface area contributed by atoms with Gasteiger partial charge in [-0.05, 0) is 44.2 Å². The van der Waals surface area contributed by atoms with Gasteiger partial charge in [0.05, 0.1) is 12.2 Å². The molecule has 2 aliphatic heterocycles.